The minimum Gasteiger partial charge on any atom is -0.351 e. The Kier molecular flexibility index (Phi) is 6.93. The van der Waals surface area contributed by atoms with Crippen molar-refractivity contribution in [3.05, 3.63) is 70.2 Å². The molecule has 0 heterocycles. The Hall–Kier alpha value is -2.91. The molecule has 0 atom stereocenters. The highest BCUT2D eigenvalue weighted by molar-refractivity contribution is 9.10. The maximum atomic E-state index is 12.1. The Bertz CT molecular complexity index is 841. The molecule has 0 saturated carbocycles. The third kappa shape index (κ3) is 6.24. The number of rotatable bonds is 6. The minimum absolute atomic E-state index is 0.191. The van der Waals surface area contributed by atoms with E-state index in [-0.39, 0.29) is 24.8 Å². The van der Waals surface area contributed by atoms with Gasteiger partial charge in [0.2, 0.25) is 11.8 Å². The van der Waals surface area contributed by atoms with E-state index in [1.807, 2.05) is 30.3 Å². The van der Waals surface area contributed by atoms with Crippen LogP contribution in [0.15, 0.2) is 59.1 Å². The van der Waals surface area contributed by atoms with Crippen molar-refractivity contribution in [1.82, 2.24) is 5.32 Å². The van der Waals surface area contributed by atoms with Crippen LogP contribution >= 0.6 is 15.9 Å². The highest BCUT2D eigenvalue weighted by Crippen LogP contribution is 2.16. The van der Waals surface area contributed by atoms with Gasteiger partial charge in [-0.15, -0.1) is 0 Å². The summed E-state index contributed by atoms with van der Waals surface area (Å²) in [5, 5.41) is 13.9. The molecule has 2 aromatic rings. The van der Waals surface area contributed by atoms with Gasteiger partial charge in [0.1, 0.15) is 6.42 Å². The Balaban J connectivity index is 2.01. The van der Waals surface area contributed by atoms with Crippen molar-refractivity contribution in [2.75, 3.05) is 5.32 Å². The fourth-order valence-electron chi connectivity index (χ4n) is 2.08. The number of amides is 2. The van der Waals surface area contributed by atoms with E-state index >= 15 is 0 Å². The van der Waals surface area contributed by atoms with E-state index in [1.165, 1.54) is 6.08 Å². The van der Waals surface area contributed by atoms with Crippen molar-refractivity contribution in [2.45, 2.75) is 13.0 Å². The highest BCUT2D eigenvalue weighted by atomic mass is 79.9. The number of nitriles is 1. The first-order valence-corrected chi connectivity index (χ1v) is 8.34. The summed E-state index contributed by atoms with van der Waals surface area (Å²) in [6.45, 7) is 0.242. The predicted octanol–water partition coefficient (Wildman–Crippen LogP) is 3.63. The summed E-state index contributed by atoms with van der Waals surface area (Å²) in [4.78, 5) is 23.5. The van der Waals surface area contributed by atoms with Gasteiger partial charge < -0.3 is 10.6 Å². The minimum atomic E-state index is -0.349. The fraction of sp³-hybridized carbons (Fsp3) is 0.105. The van der Waals surface area contributed by atoms with Gasteiger partial charge in [0, 0.05) is 22.8 Å². The van der Waals surface area contributed by atoms with Gasteiger partial charge >= 0.3 is 0 Å². The number of hydrogen-bond acceptors (Lipinski definition) is 3. The maximum absolute atomic E-state index is 12.1. The quantitative estimate of drug-likeness (QED) is 0.730. The first-order chi connectivity index (χ1) is 12.1. The number of carbonyl (C=O) groups is 2. The monoisotopic (exact) mass is 397 g/mol. The Labute approximate surface area is 154 Å². The van der Waals surface area contributed by atoms with Gasteiger partial charge in [-0.25, -0.2) is 0 Å². The lowest BCUT2D eigenvalue weighted by atomic mass is 10.1. The maximum Gasteiger partial charge on any atom is 0.248 e. The van der Waals surface area contributed by atoms with Gasteiger partial charge in [0.25, 0.3) is 0 Å². The van der Waals surface area contributed by atoms with Crippen LogP contribution in [0.2, 0.25) is 0 Å². The van der Waals surface area contributed by atoms with Crippen LogP contribution < -0.4 is 10.6 Å². The Morgan fingerprint density at radius 1 is 1.16 bits per heavy atom. The zero-order valence-electron chi connectivity index (χ0n) is 13.3. The molecule has 0 saturated heterocycles. The Morgan fingerprint density at radius 2 is 1.96 bits per heavy atom. The van der Waals surface area contributed by atoms with Crippen LogP contribution in [-0.4, -0.2) is 11.8 Å². The molecule has 0 aliphatic rings. The second kappa shape index (κ2) is 9.40. The molecule has 0 aliphatic carbocycles. The average molecular weight is 398 g/mol. The molecule has 5 nitrogen and oxygen atoms in total. The molecule has 0 spiro atoms. The molecule has 2 amide bonds. The van der Waals surface area contributed by atoms with Crippen molar-refractivity contribution in [3.8, 4) is 6.07 Å². The average Bonchev–Trinajstić information content (AvgIpc) is 2.60. The number of benzene rings is 2. The zero-order chi connectivity index (χ0) is 18.1. The topological polar surface area (TPSA) is 82.0 Å². The molecule has 6 heteroatoms. The lowest BCUT2D eigenvalue weighted by Crippen LogP contribution is -2.22. The van der Waals surface area contributed by atoms with Gasteiger partial charge in [-0.05, 0) is 35.4 Å². The van der Waals surface area contributed by atoms with Crippen molar-refractivity contribution < 1.29 is 9.59 Å². The van der Waals surface area contributed by atoms with Crippen LogP contribution in [0.3, 0.4) is 0 Å². The Morgan fingerprint density at radius 3 is 2.72 bits per heavy atom. The van der Waals surface area contributed by atoms with Gasteiger partial charge in [-0.1, -0.05) is 46.3 Å². The van der Waals surface area contributed by atoms with E-state index in [0.717, 1.165) is 15.6 Å². The molecule has 0 unspecified atom stereocenters. The van der Waals surface area contributed by atoms with Crippen molar-refractivity contribution in [1.29, 1.82) is 5.26 Å². The SMILES string of the molecule is N#CCC(=O)NCc1ccccc1NC(=O)/C=C/c1cccc(Br)c1. The first kappa shape index (κ1) is 18.4. The second-order valence-corrected chi connectivity index (χ2v) is 6.06. The van der Waals surface area contributed by atoms with Crippen LogP contribution in [-0.2, 0) is 16.1 Å². The van der Waals surface area contributed by atoms with E-state index in [4.69, 9.17) is 5.26 Å². The van der Waals surface area contributed by atoms with Crippen LogP contribution in [0, 0.1) is 11.3 Å². The molecular weight excluding hydrogens is 382 g/mol. The van der Waals surface area contributed by atoms with Gasteiger partial charge in [-0.3, -0.25) is 9.59 Å². The molecule has 0 aliphatic heterocycles. The molecular formula is C19H16BrN3O2. The summed E-state index contributed by atoms with van der Waals surface area (Å²) in [5.74, 6) is -0.617. The third-order valence-electron chi connectivity index (χ3n) is 3.27. The van der Waals surface area contributed by atoms with Crippen LogP contribution in [0.5, 0.6) is 0 Å². The first-order valence-electron chi connectivity index (χ1n) is 7.54. The van der Waals surface area contributed by atoms with Gasteiger partial charge in [-0.2, -0.15) is 5.26 Å². The molecule has 0 fully saturated rings. The smallest absolute Gasteiger partial charge is 0.248 e. The lowest BCUT2D eigenvalue weighted by molar-refractivity contribution is -0.120. The summed E-state index contributed by atoms with van der Waals surface area (Å²) in [5.41, 5.74) is 2.28. The van der Waals surface area contributed by atoms with E-state index in [2.05, 4.69) is 26.6 Å². The second-order valence-electron chi connectivity index (χ2n) is 5.15. The molecule has 2 aromatic carbocycles. The third-order valence-corrected chi connectivity index (χ3v) is 3.76. The number of nitrogens with one attached hydrogen (secondary N) is 2. The number of hydrogen-bond donors (Lipinski definition) is 2. The normalized spacial score (nSPS) is 10.2. The molecule has 25 heavy (non-hydrogen) atoms. The summed E-state index contributed by atoms with van der Waals surface area (Å²) < 4.78 is 0.938. The summed E-state index contributed by atoms with van der Waals surface area (Å²) in [6, 6.07) is 16.6. The largest absolute Gasteiger partial charge is 0.351 e. The molecule has 2 rings (SSSR count). The fourth-order valence-corrected chi connectivity index (χ4v) is 2.50. The summed E-state index contributed by atoms with van der Waals surface area (Å²) >= 11 is 3.38. The van der Waals surface area contributed by atoms with Crippen LogP contribution in [0.4, 0.5) is 5.69 Å². The summed E-state index contributed by atoms with van der Waals surface area (Å²) in [6.07, 6.45) is 2.98. The van der Waals surface area contributed by atoms with E-state index in [1.54, 1.807) is 30.3 Å². The standard InChI is InChI=1S/C19H16BrN3O2/c20-16-6-3-4-14(12-16)8-9-19(25)23-17-7-2-1-5-15(17)13-22-18(24)10-11-21/h1-9,12H,10,13H2,(H,22,24)(H,23,25)/b9-8+. The zero-order valence-corrected chi connectivity index (χ0v) is 14.9. The summed E-state index contributed by atoms with van der Waals surface area (Å²) in [7, 11) is 0. The number of para-hydroxylation sites is 1. The highest BCUT2D eigenvalue weighted by Gasteiger charge is 2.06. The van der Waals surface area contributed by atoms with Gasteiger partial charge in [0.05, 0.1) is 6.07 Å². The molecule has 0 bridgehead atoms. The molecule has 126 valence electrons. The molecule has 2 N–H and O–H groups in total. The number of carbonyl (C=O) groups excluding carboxylic acids is 2. The molecule has 0 radical (unpaired) electrons. The van der Waals surface area contributed by atoms with Crippen molar-refractivity contribution in [3.63, 3.8) is 0 Å². The van der Waals surface area contributed by atoms with Crippen LogP contribution in [0.1, 0.15) is 17.5 Å². The number of halogens is 1. The number of nitrogens with zero attached hydrogens (tertiary/aromatic N) is 1. The lowest BCUT2D eigenvalue weighted by Gasteiger charge is -2.10. The predicted molar refractivity (Wildman–Crippen MR) is 100 cm³/mol. The molecule has 0 aromatic heterocycles. The van der Waals surface area contributed by atoms with Crippen molar-refractivity contribution in [2.24, 2.45) is 0 Å². The van der Waals surface area contributed by atoms with Crippen LogP contribution in [0.25, 0.3) is 6.08 Å². The van der Waals surface area contributed by atoms with E-state index in [0.29, 0.717) is 5.69 Å². The number of anilines is 1. The van der Waals surface area contributed by atoms with Crippen molar-refractivity contribution >= 4 is 39.5 Å². The van der Waals surface area contributed by atoms with E-state index < -0.39 is 0 Å². The van der Waals surface area contributed by atoms with E-state index in [9.17, 15) is 9.59 Å². The van der Waals surface area contributed by atoms with Gasteiger partial charge in [0.15, 0.2) is 0 Å².